The quantitative estimate of drug-likeness (QED) is 0.707. The average Bonchev–Trinajstić information content (AvgIpc) is 2.67. The summed E-state index contributed by atoms with van der Waals surface area (Å²) >= 11 is 0. The van der Waals surface area contributed by atoms with Crippen molar-refractivity contribution < 1.29 is 14.7 Å². The normalized spacial score (nSPS) is 10.1. The summed E-state index contributed by atoms with van der Waals surface area (Å²) in [5, 5.41) is 8.37. The molecule has 0 bridgehead atoms. The van der Waals surface area contributed by atoms with Gasteiger partial charge in [0.2, 0.25) is 0 Å². The Bertz CT molecular complexity index is 319. The van der Waals surface area contributed by atoms with E-state index < -0.39 is 5.97 Å². The lowest BCUT2D eigenvalue weighted by molar-refractivity contribution is -0.138. The predicted molar refractivity (Wildman–Crippen MR) is 53.4 cm³/mol. The van der Waals surface area contributed by atoms with Gasteiger partial charge in [0.05, 0.1) is 12.7 Å². The summed E-state index contributed by atoms with van der Waals surface area (Å²) in [5.41, 5.74) is 1.00. The SMILES string of the molecule is O=C(O)CCC(=O)CCCc1cnc[nH]1. The minimum Gasteiger partial charge on any atom is -0.481 e. The van der Waals surface area contributed by atoms with Gasteiger partial charge in [0.1, 0.15) is 5.78 Å². The molecule has 0 aliphatic carbocycles. The Kier molecular flexibility index (Phi) is 4.53. The highest BCUT2D eigenvalue weighted by Crippen LogP contribution is 2.03. The van der Waals surface area contributed by atoms with Crippen LogP contribution in [0, 0.1) is 0 Å². The van der Waals surface area contributed by atoms with E-state index in [0.717, 1.165) is 18.5 Å². The summed E-state index contributed by atoms with van der Waals surface area (Å²) in [7, 11) is 0. The lowest BCUT2D eigenvalue weighted by Gasteiger charge is -1.98. The summed E-state index contributed by atoms with van der Waals surface area (Å²) in [5.74, 6) is -0.908. The van der Waals surface area contributed by atoms with Crippen LogP contribution in [0.4, 0.5) is 0 Å². The molecule has 0 fully saturated rings. The Hall–Kier alpha value is -1.65. The van der Waals surface area contributed by atoms with Crippen molar-refractivity contribution in [3.63, 3.8) is 0 Å². The van der Waals surface area contributed by atoms with E-state index in [2.05, 4.69) is 9.97 Å². The Morgan fingerprint density at radius 3 is 2.73 bits per heavy atom. The van der Waals surface area contributed by atoms with Crippen LogP contribution < -0.4 is 0 Å². The van der Waals surface area contributed by atoms with Gasteiger partial charge in [-0.3, -0.25) is 9.59 Å². The largest absolute Gasteiger partial charge is 0.481 e. The number of carboxylic acid groups (broad SMARTS) is 1. The van der Waals surface area contributed by atoms with Gasteiger partial charge in [-0.1, -0.05) is 0 Å². The van der Waals surface area contributed by atoms with Crippen molar-refractivity contribution in [2.24, 2.45) is 0 Å². The van der Waals surface area contributed by atoms with Gasteiger partial charge in [-0.05, 0) is 12.8 Å². The standard InChI is InChI=1S/C10H14N2O3/c13-9(4-5-10(14)15)3-1-2-8-6-11-7-12-8/h6-7H,1-5H2,(H,11,12)(H,14,15). The minimum atomic E-state index is -0.920. The predicted octanol–water partition coefficient (Wildman–Crippen LogP) is 1.17. The summed E-state index contributed by atoms with van der Waals surface area (Å²) in [6, 6.07) is 0. The van der Waals surface area contributed by atoms with Gasteiger partial charge in [0, 0.05) is 24.7 Å². The molecule has 0 spiro atoms. The number of carboxylic acids is 1. The monoisotopic (exact) mass is 210 g/mol. The van der Waals surface area contributed by atoms with Crippen LogP contribution in [0.3, 0.4) is 0 Å². The smallest absolute Gasteiger partial charge is 0.303 e. The molecule has 1 aromatic heterocycles. The van der Waals surface area contributed by atoms with Gasteiger partial charge in [-0.2, -0.15) is 0 Å². The number of hydrogen-bond donors (Lipinski definition) is 2. The van der Waals surface area contributed by atoms with Crippen LogP contribution in [0.5, 0.6) is 0 Å². The number of nitrogens with zero attached hydrogens (tertiary/aromatic N) is 1. The van der Waals surface area contributed by atoms with E-state index in [0.29, 0.717) is 6.42 Å². The average molecular weight is 210 g/mol. The van der Waals surface area contributed by atoms with Crippen LogP contribution in [-0.4, -0.2) is 26.8 Å². The highest BCUT2D eigenvalue weighted by atomic mass is 16.4. The molecule has 15 heavy (non-hydrogen) atoms. The van der Waals surface area contributed by atoms with Gasteiger partial charge >= 0.3 is 5.97 Å². The molecule has 0 aromatic carbocycles. The van der Waals surface area contributed by atoms with Gasteiger partial charge < -0.3 is 10.1 Å². The second-order valence-corrected chi connectivity index (χ2v) is 3.36. The van der Waals surface area contributed by atoms with Crippen LogP contribution in [0.1, 0.15) is 31.4 Å². The highest BCUT2D eigenvalue weighted by Gasteiger charge is 2.05. The van der Waals surface area contributed by atoms with Gasteiger partial charge in [0.15, 0.2) is 0 Å². The van der Waals surface area contributed by atoms with Gasteiger partial charge in [0.25, 0.3) is 0 Å². The van der Waals surface area contributed by atoms with E-state index in [1.165, 1.54) is 0 Å². The Balaban J connectivity index is 2.09. The summed E-state index contributed by atoms with van der Waals surface area (Å²) in [6.45, 7) is 0. The van der Waals surface area contributed by atoms with Crippen molar-refractivity contribution in [3.8, 4) is 0 Å². The number of aliphatic carboxylic acids is 1. The van der Waals surface area contributed by atoms with Crippen LogP contribution in [0.15, 0.2) is 12.5 Å². The van der Waals surface area contributed by atoms with E-state index in [1.54, 1.807) is 12.5 Å². The molecule has 0 aliphatic heterocycles. The summed E-state index contributed by atoms with van der Waals surface area (Å²) < 4.78 is 0. The lowest BCUT2D eigenvalue weighted by atomic mass is 10.1. The number of hydrogen-bond acceptors (Lipinski definition) is 3. The topological polar surface area (TPSA) is 83.0 Å². The zero-order chi connectivity index (χ0) is 11.1. The minimum absolute atomic E-state index is 0.0110. The second-order valence-electron chi connectivity index (χ2n) is 3.36. The number of Topliss-reactive ketones (excluding diaryl/α,β-unsaturated/α-hetero) is 1. The van der Waals surface area contributed by atoms with E-state index in [4.69, 9.17) is 5.11 Å². The number of aromatic amines is 1. The first kappa shape index (κ1) is 11.4. The lowest BCUT2D eigenvalue weighted by Crippen LogP contribution is -2.03. The molecule has 0 saturated carbocycles. The molecule has 2 N–H and O–H groups in total. The molecule has 0 unspecified atom stereocenters. The molecule has 1 heterocycles. The van der Waals surface area contributed by atoms with Crippen molar-refractivity contribution in [1.82, 2.24) is 9.97 Å². The maximum Gasteiger partial charge on any atom is 0.303 e. The third-order valence-electron chi connectivity index (χ3n) is 2.07. The third kappa shape index (κ3) is 4.95. The van der Waals surface area contributed by atoms with E-state index in [9.17, 15) is 9.59 Å². The Labute approximate surface area is 87.5 Å². The molecule has 0 aliphatic rings. The Morgan fingerprint density at radius 1 is 1.33 bits per heavy atom. The van der Waals surface area contributed by atoms with Crippen molar-refractivity contribution in [3.05, 3.63) is 18.2 Å². The third-order valence-corrected chi connectivity index (χ3v) is 2.07. The number of aryl methyl sites for hydroxylation is 1. The number of rotatable bonds is 7. The van der Waals surface area contributed by atoms with Crippen molar-refractivity contribution in [1.29, 1.82) is 0 Å². The zero-order valence-corrected chi connectivity index (χ0v) is 8.40. The first-order valence-corrected chi connectivity index (χ1v) is 4.89. The van der Waals surface area contributed by atoms with Crippen LogP contribution >= 0.6 is 0 Å². The number of carbonyl (C=O) groups is 2. The molecule has 5 heteroatoms. The van der Waals surface area contributed by atoms with Crippen molar-refractivity contribution in [2.45, 2.75) is 32.1 Å². The van der Waals surface area contributed by atoms with E-state index in [1.807, 2.05) is 0 Å². The fourth-order valence-electron chi connectivity index (χ4n) is 1.27. The molecule has 1 rings (SSSR count). The number of carbonyl (C=O) groups excluding carboxylic acids is 1. The van der Waals surface area contributed by atoms with Crippen LogP contribution in [-0.2, 0) is 16.0 Å². The van der Waals surface area contributed by atoms with Gasteiger partial charge in [-0.15, -0.1) is 0 Å². The maximum absolute atomic E-state index is 11.2. The first-order valence-electron chi connectivity index (χ1n) is 4.89. The number of aromatic nitrogens is 2. The molecule has 0 saturated heterocycles. The maximum atomic E-state index is 11.2. The summed E-state index contributed by atoms with van der Waals surface area (Å²) in [6.07, 6.45) is 5.34. The first-order chi connectivity index (χ1) is 7.18. The van der Waals surface area contributed by atoms with E-state index in [-0.39, 0.29) is 18.6 Å². The summed E-state index contributed by atoms with van der Waals surface area (Å²) in [4.78, 5) is 28.2. The van der Waals surface area contributed by atoms with Gasteiger partial charge in [-0.25, -0.2) is 4.98 Å². The molecule has 1 aromatic rings. The van der Waals surface area contributed by atoms with E-state index >= 15 is 0 Å². The van der Waals surface area contributed by atoms with Crippen molar-refractivity contribution in [2.75, 3.05) is 0 Å². The Morgan fingerprint density at radius 2 is 2.13 bits per heavy atom. The van der Waals surface area contributed by atoms with Crippen LogP contribution in [0.2, 0.25) is 0 Å². The highest BCUT2D eigenvalue weighted by molar-refractivity contribution is 5.82. The molecule has 0 amide bonds. The number of imidazole rings is 1. The molecule has 82 valence electrons. The molecular weight excluding hydrogens is 196 g/mol. The van der Waals surface area contributed by atoms with Crippen LogP contribution in [0.25, 0.3) is 0 Å². The van der Waals surface area contributed by atoms with Crippen molar-refractivity contribution >= 4 is 11.8 Å². The molecule has 0 atom stereocenters. The molecule has 0 radical (unpaired) electrons. The number of nitrogens with one attached hydrogen (secondary N) is 1. The number of H-pyrrole nitrogens is 1. The number of ketones is 1. The molecular formula is C10H14N2O3. The second kappa shape index (κ2) is 5.95. The fourth-order valence-corrected chi connectivity index (χ4v) is 1.27. The molecule has 5 nitrogen and oxygen atoms in total. The fraction of sp³-hybridized carbons (Fsp3) is 0.500. The zero-order valence-electron chi connectivity index (χ0n) is 8.40.